The number of nitrogens with one attached hydrogen (secondary N) is 1. The maximum Gasteiger partial charge on any atom is 0.194 e. The molecule has 2 aliphatic heterocycles. The molecular formula is C12H13F2N3. The summed E-state index contributed by atoms with van der Waals surface area (Å²) in [6, 6.07) is 3.79. The number of aliphatic imine (C=N–C) groups is 1. The molecule has 0 saturated carbocycles. The summed E-state index contributed by atoms with van der Waals surface area (Å²) in [6.45, 7) is 2.14. The van der Waals surface area contributed by atoms with E-state index >= 15 is 0 Å². The van der Waals surface area contributed by atoms with E-state index in [9.17, 15) is 8.78 Å². The lowest BCUT2D eigenvalue weighted by atomic mass is 10.00. The van der Waals surface area contributed by atoms with Gasteiger partial charge in [0.25, 0.3) is 0 Å². The second-order valence-electron chi connectivity index (χ2n) is 4.27. The second-order valence-corrected chi connectivity index (χ2v) is 4.27. The average molecular weight is 237 g/mol. The molecule has 0 spiro atoms. The lowest BCUT2D eigenvalue weighted by Crippen LogP contribution is -2.38. The summed E-state index contributed by atoms with van der Waals surface area (Å²) in [5.74, 6) is -0.171. The van der Waals surface area contributed by atoms with Crippen molar-refractivity contribution in [1.29, 1.82) is 0 Å². The number of rotatable bonds is 1. The Morgan fingerprint density at radius 2 is 2.06 bits per heavy atom. The van der Waals surface area contributed by atoms with Gasteiger partial charge in [-0.1, -0.05) is 6.07 Å². The monoisotopic (exact) mass is 237 g/mol. The van der Waals surface area contributed by atoms with Gasteiger partial charge in [0.1, 0.15) is 11.6 Å². The lowest BCUT2D eigenvalue weighted by molar-refractivity contribution is 0.297. The number of nitrogens with zero attached hydrogens (tertiary/aromatic N) is 2. The molecule has 0 amide bonds. The zero-order valence-corrected chi connectivity index (χ0v) is 9.29. The Hall–Kier alpha value is -1.65. The van der Waals surface area contributed by atoms with Crippen LogP contribution in [0.25, 0.3) is 0 Å². The van der Waals surface area contributed by atoms with Gasteiger partial charge in [-0.15, -0.1) is 0 Å². The van der Waals surface area contributed by atoms with Crippen molar-refractivity contribution in [2.75, 3.05) is 19.6 Å². The molecule has 17 heavy (non-hydrogen) atoms. The quantitative estimate of drug-likeness (QED) is 0.804. The minimum atomic E-state index is -0.469. The van der Waals surface area contributed by atoms with Gasteiger partial charge in [-0.05, 0) is 18.6 Å². The third-order valence-corrected chi connectivity index (χ3v) is 3.28. The van der Waals surface area contributed by atoms with Crippen molar-refractivity contribution in [3.05, 3.63) is 35.4 Å². The molecular weight excluding hydrogens is 224 g/mol. The minimum absolute atomic E-state index is 0.170. The van der Waals surface area contributed by atoms with Crippen LogP contribution in [0.4, 0.5) is 8.78 Å². The average Bonchev–Trinajstić information content (AvgIpc) is 2.77. The lowest BCUT2D eigenvalue weighted by Gasteiger charge is -2.32. The van der Waals surface area contributed by atoms with Crippen molar-refractivity contribution in [3.8, 4) is 0 Å². The van der Waals surface area contributed by atoms with Gasteiger partial charge in [-0.2, -0.15) is 0 Å². The molecule has 2 heterocycles. The summed E-state index contributed by atoms with van der Waals surface area (Å²) >= 11 is 0. The fourth-order valence-electron chi connectivity index (χ4n) is 2.52. The molecule has 0 bridgehead atoms. The Kier molecular flexibility index (Phi) is 2.46. The van der Waals surface area contributed by atoms with E-state index in [0.29, 0.717) is 13.0 Å². The molecule has 0 radical (unpaired) electrons. The maximum atomic E-state index is 13.8. The molecule has 1 aromatic carbocycles. The van der Waals surface area contributed by atoms with E-state index < -0.39 is 11.6 Å². The first kappa shape index (κ1) is 10.5. The van der Waals surface area contributed by atoms with Crippen LogP contribution in [0.3, 0.4) is 0 Å². The van der Waals surface area contributed by atoms with Gasteiger partial charge in [-0.25, -0.2) is 8.78 Å². The van der Waals surface area contributed by atoms with Crippen molar-refractivity contribution >= 4 is 5.96 Å². The summed E-state index contributed by atoms with van der Waals surface area (Å²) in [6.07, 6.45) is 0.656. The molecule has 3 nitrogen and oxygen atoms in total. The summed E-state index contributed by atoms with van der Waals surface area (Å²) < 4.78 is 27.5. The molecule has 1 saturated heterocycles. The predicted octanol–water partition coefficient (Wildman–Crippen LogP) is 1.67. The van der Waals surface area contributed by atoms with Crippen LogP contribution < -0.4 is 5.32 Å². The van der Waals surface area contributed by atoms with E-state index in [1.807, 2.05) is 4.90 Å². The van der Waals surface area contributed by atoms with Gasteiger partial charge in [0.2, 0.25) is 0 Å². The van der Waals surface area contributed by atoms with Crippen molar-refractivity contribution < 1.29 is 8.78 Å². The van der Waals surface area contributed by atoms with Crippen LogP contribution in [-0.4, -0.2) is 30.5 Å². The zero-order chi connectivity index (χ0) is 11.8. The number of hydrogen-bond donors (Lipinski definition) is 1. The van der Waals surface area contributed by atoms with E-state index in [4.69, 9.17) is 0 Å². The highest BCUT2D eigenvalue weighted by molar-refractivity contribution is 5.82. The van der Waals surface area contributed by atoms with E-state index in [0.717, 1.165) is 19.0 Å². The van der Waals surface area contributed by atoms with Crippen LogP contribution in [0.1, 0.15) is 18.0 Å². The van der Waals surface area contributed by atoms with E-state index in [1.54, 1.807) is 0 Å². The van der Waals surface area contributed by atoms with Crippen LogP contribution in [0.5, 0.6) is 0 Å². The maximum absolute atomic E-state index is 13.8. The Balaban J connectivity index is 2.02. The van der Waals surface area contributed by atoms with Gasteiger partial charge in [-0.3, -0.25) is 4.99 Å². The van der Waals surface area contributed by atoms with Gasteiger partial charge in [0, 0.05) is 25.2 Å². The predicted molar refractivity (Wildman–Crippen MR) is 60.7 cm³/mol. The Labute approximate surface area is 98.1 Å². The highest BCUT2D eigenvalue weighted by atomic mass is 19.1. The van der Waals surface area contributed by atoms with Crippen LogP contribution in [0.15, 0.2) is 23.2 Å². The van der Waals surface area contributed by atoms with E-state index in [1.165, 1.54) is 18.2 Å². The molecule has 0 aromatic heterocycles. The summed E-state index contributed by atoms with van der Waals surface area (Å²) in [7, 11) is 0. The first-order valence-electron chi connectivity index (χ1n) is 5.76. The summed E-state index contributed by atoms with van der Waals surface area (Å²) in [5.41, 5.74) is 0.170. The number of benzene rings is 1. The molecule has 0 aliphatic carbocycles. The normalized spacial score (nSPS) is 23.1. The molecule has 2 aliphatic rings. The van der Waals surface area contributed by atoms with Crippen LogP contribution >= 0.6 is 0 Å². The van der Waals surface area contributed by atoms with E-state index in [-0.39, 0.29) is 11.6 Å². The number of guanidine groups is 1. The van der Waals surface area contributed by atoms with Crippen molar-refractivity contribution in [3.63, 3.8) is 0 Å². The Bertz CT molecular complexity index is 453. The number of fused-ring (bicyclic) bond motifs is 1. The van der Waals surface area contributed by atoms with Crippen LogP contribution in [0.2, 0.25) is 0 Å². The van der Waals surface area contributed by atoms with Crippen LogP contribution in [0, 0.1) is 11.6 Å². The highest BCUT2D eigenvalue weighted by Gasteiger charge is 2.33. The summed E-state index contributed by atoms with van der Waals surface area (Å²) in [5, 5.41) is 3.13. The molecule has 1 unspecified atom stereocenters. The van der Waals surface area contributed by atoms with Crippen molar-refractivity contribution in [2.45, 2.75) is 12.5 Å². The topological polar surface area (TPSA) is 27.6 Å². The van der Waals surface area contributed by atoms with E-state index in [2.05, 4.69) is 10.3 Å². The fraction of sp³-hybridized carbons (Fsp3) is 0.417. The zero-order valence-electron chi connectivity index (χ0n) is 9.29. The minimum Gasteiger partial charge on any atom is -0.354 e. The molecule has 90 valence electrons. The molecule has 5 heteroatoms. The second kappa shape index (κ2) is 3.98. The smallest absolute Gasteiger partial charge is 0.194 e. The van der Waals surface area contributed by atoms with Crippen molar-refractivity contribution in [2.24, 2.45) is 4.99 Å². The van der Waals surface area contributed by atoms with Gasteiger partial charge < -0.3 is 10.2 Å². The molecule has 1 atom stereocenters. The van der Waals surface area contributed by atoms with Gasteiger partial charge >= 0.3 is 0 Å². The molecule has 1 N–H and O–H groups in total. The Morgan fingerprint density at radius 1 is 1.29 bits per heavy atom. The first-order chi connectivity index (χ1) is 8.27. The highest BCUT2D eigenvalue weighted by Crippen LogP contribution is 2.32. The molecule has 1 aromatic rings. The SMILES string of the molecule is Fc1cccc(F)c1C1CCN=C2NCCN21. The first-order valence-corrected chi connectivity index (χ1v) is 5.76. The third kappa shape index (κ3) is 1.66. The Morgan fingerprint density at radius 3 is 2.82 bits per heavy atom. The standard InChI is InChI=1S/C12H13F2N3/c13-8-2-1-3-9(14)11(8)10-4-5-15-12-16-6-7-17(10)12/h1-3,10H,4-7H2,(H,15,16). The number of halogens is 2. The fourth-order valence-corrected chi connectivity index (χ4v) is 2.52. The van der Waals surface area contributed by atoms with Crippen LogP contribution in [-0.2, 0) is 0 Å². The van der Waals surface area contributed by atoms with Gasteiger partial charge in [0.15, 0.2) is 5.96 Å². The molecule has 3 rings (SSSR count). The molecule has 1 fully saturated rings. The summed E-state index contributed by atoms with van der Waals surface area (Å²) in [4.78, 5) is 6.26. The largest absolute Gasteiger partial charge is 0.354 e. The van der Waals surface area contributed by atoms with Crippen molar-refractivity contribution in [1.82, 2.24) is 10.2 Å². The number of hydrogen-bond acceptors (Lipinski definition) is 3. The van der Waals surface area contributed by atoms with Gasteiger partial charge in [0.05, 0.1) is 6.04 Å². The third-order valence-electron chi connectivity index (χ3n) is 3.28.